The molecule has 0 aliphatic carbocycles. The first-order valence-electron chi connectivity index (χ1n) is 8.94. The van der Waals surface area contributed by atoms with Gasteiger partial charge in [-0.1, -0.05) is 13.8 Å². The fourth-order valence-electron chi connectivity index (χ4n) is 3.13. The lowest BCUT2D eigenvalue weighted by Gasteiger charge is -2.29. The lowest BCUT2D eigenvalue weighted by Crippen LogP contribution is -2.36. The van der Waals surface area contributed by atoms with Gasteiger partial charge in [0.2, 0.25) is 5.91 Å². The molecule has 2 aromatic heterocycles. The van der Waals surface area contributed by atoms with Crippen molar-refractivity contribution in [1.29, 1.82) is 0 Å². The highest BCUT2D eigenvalue weighted by Crippen LogP contribution is 2.28. The van der Waals surface area contributed by atoms with Gasteiger partial charge in [0.1, 0.15) is 5.82 Å². The largest absolute Gasteiger partial charge is 0.367 e. The van der Waals surface area contributed by atoms with Gasteiger partial charge in [0.25, 0.3) is 0 Å². The zero-order valence-electron chi connectivity index (χ0n) is 15.1. The quantitative estimate of drug-likeness (QED) is 0.906. The lowest BCUT2D eigenvalue weighted by molar-refractivity contribution is -0.129. The van der Waals surface area contributed by atoms with E-state index in [-0.39, 0.29) is 5.91 Å². The second-order valence-electron chi connectivity index (χ2n) is 6.41. The average Bonchev–Trinajstić information content (AvgIpc) is 2.65. The Kier molecular flexibility index (Phi) is 5.26. The van der Waals surface area contributed by atoms with E-state index in [1.54, 1.807) is 19.3 Å². The van der Waals surface area contributed by atoms with E-state index < -0.39 is 0 Å². The molecule has 1 aliphatic rings. The van der Waals surface area contributed by atoms with Crippen LogP contribution >= 0.6 is 0 Å². The summed E-state index contributed by atoms with van der Waals surface area (Å²) < 4.78 is 0. The van der Waals surface area contributed by atoms with Crippen molar-refractivity contribution in [3.05, 3.63) is 35.8 Å². The number of nitrogens with one attached hydrogen (secondary N) is 1. The molecule has 0 unspecified atom stereocenters. The van der Waals surface area contributed by atoms with Crippen molar-refractivity contribution in [2.24, 2.45) is 0 Å². The standard InChI is InChI=1S/C19H25N5O/c1-4-15(5-2)21-19-16-8-11-24(13(3)25)12-17(16)22-18(23-19)14-6-9-20-10-7-14/h6-7,9-10,15H,4-5,8,11-12H2,1-3H3,(H,21,22,23). The van der Waals surface area contributed by atoms with Crippen LogP contribution in [0.5, 0.6) is 0 Å². The predicted molar refractivity (Wildman–Crippen MR) is 98.1 cm³/mol. The smallest absolute Gasteiger partial charge is 0.219 e. The molecule has 0 fully saturated rings. The van der Waals surface area contributed by atoms with Gasteiger partial charge >= 0.3 is 0 Å². The summed E-state index contributed by atoms with van der Waals surface area (Å²) in [6.45, 7) is 7.23. The molecular formula is C19H25N5O. The molecule has 0 aromatic carbocycles. The summed E-state index contributed by atoms with van der Waals surface area (Å²) in [4.78, 5) is 27.3. The Balaban J connectivity index is 2.04. The monoisotopic (exact) mass is 339 g/mol. The number of anilines is 1. The highest BCUT2D eigenvalue weighted by atomic mass is 16.2. The van der Waals surface area contributed by atoms with Gasteiger partial charge in [0, 0.05) is 43.0 Å². The zero-order chi connectivity index (χ0) is 17.8. The topological polar surface area (TPSA) is 71.0 Å². The Hall–Kier alpha value is -2.50. The minimum atomic E-state index is 0.0872. The van der Waals surface area contributed by atoms with Crippen LogP contribution < -0.4 is 5.32 Å². The average molecular weight is 339 g/mol. The van der Waals surface area contributed by atoms with Crippen LogP contribution in [0.15, 0.2) is 24.5 Å². The highest BCUT2D eigenvalue weighted by molar-refractivity contribution is 5.74. The van der Waals surface area contributed by atoms with E-state index in [4.69, 9.17) is 9.97 Å². The van der Waals surface area contributed by atoms with Crippen LogP contribution in [0.4, 0.5) is 5.82 Å². The van der Waals surface area contributed by atoms with Crippen LogP contribution in [0.3, 0.4) is 0 Å². The van der Waals surface area contributed by atoms with E-state index in [9.17, 15) is 4.79 Å². The fraction of sp³-hybridized carbons (Fsp3) is 0.474. The number of hydrogen-bond acceptors (Lipinski definition) is 5. The van der Waals surface area contributed by atoms with Crippen molar-refractivity contribution in [3.8, 4) is 11.4 Å². The number of aromatic nitrogens is 3. The Bertz CT molecular complexity index is 743. The van der Waals surface area contributed by atoms with E-state index in [0.717, 1.165) is 48.4 Å². The van der Waals surface area contributed by atoms with Crippen LogP contribution in [0.25, 0.3) is 11.4 Å². The molecular weight excluding hydrogens is 314 g/mol. The molecule has 1 N–H and O–H groups in total. The van der Waals surface area contributed by atoms with Gasteiger partial charge in [-0.3, -0.25) is 9.78 Å². The fourth-order valence-corrected chi connectivity index (χ4v) is 3.13. The Morgan fingerprint density at radius 1 is 1.24 bits per heavy atom. The number of carbonyl (C=O) groups is 1. The predicted octanol–water partition coefficient (Wildman–Crippen LogP) is 3.04. The van der Waals surface area contributed by atoms with Crippen molar-refractivity contribution < 1.29 is 4.79 Å². The van der Waals surface area contributed by atoms with Gasteiger partial charge in [-0.05, 0) is 31.4 Å². The third-order valence-electron chi connectivity index (χ3n) is 4.78. The molecule has 1 aliphatic heterocycles. The molecule has 3 rings (SSSR count). The van der Waals surface area contributed by atoms with Crippen molar-refractivity contribution in [1.82, 2.24) is 19.9 Å². The van der Waals surface area contributed by atoms with Crippen LogP contribution in [0.2, 0.25) is 0 Å². The molecule has 0 atom stereocenters. The summed E-state index contributed by atoms with van der Waals surface area (Å²) in [7, 11) is 0. The first kappa shape index (κ1) is 17.3. The van der Waals surface area contributed by atoms with Crippen molar-refractivity contribution in [2.75, 3.05) is 11.9 Å². The van der Waals surface area contributed by atoms with E-state index in [1.165, 1.54) is 0 Å². The summed E-state index contributed by atoms with van der Waals surface area (Å²) in [5.41, 5.74) is 3.02. The maximum atomic E-state index is 11.8. The second-order valence-corrected chi connectivity index (χ2v) is 6.41. The van der Waals surface area contributed by atoms with Crippen LogP contribution in [-0.2, 0) is 17.8 Å². The molecule has 0 saturated carbocycles. The molecule has 25 heavy (non-hydrogen) atoms. The summed E-state index contributed by atoms with van der Waals surface area (Å²) >= 11 is 0. The summed E-state index contributed by atoms with van der Waals surface area (Å²) in [6.07, 6.45) is 6.36. The Morgan fingerprint density at radius 2 is 1.96 bits per heavy atom. The van der Waals surface area contributed by atoms with Crippen LogP contribution in [0.1, 0.15) is 44.9 Å². The molecule has 0 radical (unpaired) electrons. The Morgan fingerprint density at radius 3 is 2.60 bits per heavy atom. The summed E-state index contributed by atoms with van der Waals surface area (Å²) in [5.74, 6) is 1.68. The number of rotatable bonds is 5. The molecule has 3 heterocycles. The van der Waals surface area contributed by atoms with Crippen LogP contribution in [0, 0.1) is 0 Å². The number of amides is 1. The van der Waals surface area contributed by atoms with Gasteiger partial charge < -0.3 is 10.2 Å². The third-order valence-corrected chi connectivity index (χ3v) is 4.78. The number of pyridine rings is 1. The maximum absolute atomic E-state index is 11.8. The van der Waals surface area contributed by atoms with Gasteiger partial charge in [0.05, 0.1) is 12.2 Å². The van der Waals surface area contributed by atoms with E-state index in [2.05, 4.69) is 24.1 Å². The number of hydrogen-bond donors (Lipinski definition) is 1. The number of fused-ring (bicyclic) bond motifs is 1. The third kappa shape index (κ3) is 3.78. The van der Waals surface area contributed by atoms with Crippen molar-refractivity contribution in [2.45, 2.75) is 52.6 Å². The first-order chi connectivity index (χ1) is 12.1. The zero-order valence-corrected chi connectivity index (χ0v) is 15.1. The van der Waals surface area contributed by atoms with Crippen molar-refractivity contribution in [3.63, 3.8) is 0 Å². The SMILES string of the molecule is CCC(CC)Nc1nc(-c2ccncc2)nc2c1CCN(C(C)=O)C2. The molecule has 0 bridgehead atoms. The second kappa shape index (κ2) is 7.59. The number of carbonyl (C=O) groups excluding carboxylic acids is 1. The molecule has 6 heteroatoms. The minimum Gasteiger partial charge on any atom is -0.367 e. The molecule has 132 valence electrons. The molecule has 0 saturated heterocycles. The maximum Gasteiger partial charge on any atom is 0.219 e. The molecule has 1 amide bonds. The summed E-state index contributed by atoms with van der Waals surface area (Å²) in [5, 5.41) is 3.59. The lowest BCUT2D eigenvalue weighted by atomic mass is 10.0. The number of nitrogens with zero attached hydrogens (tertiary/aromatic N) is 4. The molecule has 0 spiro atoms. The van der Waals surface area contributed by atoms with Gasteiger partial charge in [-0.15, -0.1) is 0 Å². The minimum absolute atomic E-state index is 0.0872. The molecule has 6 nitrogen and oxygen atoms in total. The van der Waals surface area contributed by atoms with Gasteiger partial charge in [-0.25, -0.2) is 9.97 Å². The molecule has 2 aromatic rings. The van der Waals surface area contributed by atoms with Gasteiger partial charge in [-0.2, -0.15) is 0 Å². The first-order valence-corrected chi connectivity index (χ1v) is 8.94. The van der Waals surface area contributed by atoms with E-state index >= 15 is 0 Å². The van der Waals surface area contributed by atoms with Gasteiger partial charge in [0.15, 0.2) is 5.82 Å². The summed E-state index contributed by atoms with van der Waals surface area (Å²) in [6, 6.07) is 4.21. The van der Waals surface area contributed by atoms with Crippen LogP contribution in [-0.4, -0.2) is 38.3 Å². The normalized spacial score (nSPS) is 13.7. The Labute approximate surface area is 148 Å². The van der Waals surface area contributed by atoms with E-state index in [0.29, 0.717) is 18.4 Å². The van der Waals surface area contributed by atoms with Crippen molar-refractivity contribution >= 4 is 11.7 Å². The highest BCUT2D eigenvalue weighted by Gasteiger charge is 2.24. The van der Waals surface area contributed by atoms with E-state index in [1.807, 2.05) is 17.0 Å².